The fourth-order valence-corrected chi connectivity index (χ4v) is 8.72. The number of hydrogen-bond donors (Lipinski definition) is 0. The molecule has 230 valence electrons. The molecule has 0 amide bonds. The molecule has 2 aromatic rings. The van der Waals surface area contributed by atoms with Crippen molar-refractivity contribution < 1.29 is 23.1 Å². The first-order chi connectivity index (χ1) is 20.1. The second-order valence-corrected chi connectivity index (χ2v) is 15.2. The third-order valence-electron chi connectivity index (χ3n) is 9.47. The molecule has 1 aromatic heterocycles. The van der Waals surface area contributed by atoms with Gasteiger partial charge in [-0.05, 0) is 91.7 Å². The van der Waals surface area contributed by atoms with Gasteiger partial charge in [0.1, 0.15) is 0 Å². The molecule has 4 rings (SSSR count). The van der Waals surface area contributed by atoms with Gasteiger partial charge >= 0.3 is 13.6 Å². The zero-order valence-corrected chi connectivity index (χ0v) is 27.1. The van der Waals surface area contributed by atoms with Crippen LogP contribution in [0, 0.1) is 35.5 Å². The summed E-state index contributed by atoms with van der Waals surface area (Å²) in [6.07, 6.45) is 11.7. The molecule has 0 aliphatic heterocycles. The van der Waals surface area contributed by atoms with Crippen LogP contribution in [0.2, 0.25) is 0 Å². The third-order valence-corrected chi connectivity index (χ3v) is 11.6. The molecule has 2 fully saturated rings. The number of esters is 1. The highest BCUT2D eigenvalue weighted by Crippen LogP contribution is 2.65. The summed E-state index contributed by atoms with van der Waals surface area (Å²) in [5, 5.41) is 0. The standard InChI is InChI=1S/C35H50NO5P/c1-24(2)29-17-14-26(5)32(21-29)40-42(38,41-33-22-30(25(3)4)18-15-27(33)6)35(31-13-10-20-36-23-31)39-34(37)19-16-28-11-8-7-9-12-28/h7-13,16,19-20,23-27,29-30,32-33,35H,14-15,17-18,21-22H2,1-6H3/b19-16+/t26-,27+,29-,30-,32-,33-,35-,42?/m1/s1. The van der Waals surface area contributed by atoms with Crippen molar-refractivity contribution in [1.29, 1.82) is 0 Å². The molecule has 7 heteroatoms. The third kappa shape index (κ3) is 8.65. The summed E-state index contributed by atoms with van der Waals surface area (Å²) in [5.74, 6) is 0.567. The molecule has 2 aliphatic carbocycles. The molecule has 1 aromatic carbocycles. The Kier molecular flexibility index (Phi) is 11.6. The number of nitrogens with zero attached hydrogens (tertiary/aromatic N) is 1. The summed E-state index contributed by atoms with van der Waals surface area (Å²) < 4.78 is 34.8. The summed E-state index contributed by atoms with van der Waals surface area (Å²) in [7, 11) is -4.04. The molecule has 0 spiro atoms. The van der Waals surface area contributed by atoms with E-state index in [4.69, 9.17) is 13.8 Å². The van der Waals surface area contributed by atoms with Gasteiger partial charge in [0.15, 0.2) is 0 Å². The highest BCUT2D eigenvalue weighted by atomic mass is 31.2. The van der Waals surface area contributed by atoms with Gasteiger partial charge in [-0.3, -0.25) is 9.55 Å². The Bertz CT molecular complexity index is 1160. The van der Waals surface area contributed by atoms with Gasteiger partial charge in [-0.15, -0.1) is 0 Å². The van der Waals surface area contributed by atoms with Crippen LogP contribution in [0.25, 0.3) is 6.08 Å². The summed E-state index contributed by atoms with van der Waals surface area (Å²) in [6.45, 7) is 13.3. The molecule has 1 heterocycles. The molecule has 2 aliphatic rings. The van der Waals surface area contributed by atoms with E-state index in [0.29, 0.717) is 29.2 Å². The maximum Gasteiger partial charge on any atom is 0.376 e. The summed E-state index contributed by atoms with van der Waals surface area (Å²) >= 11 is 0. The normalized spacial score (nSPS) is 29.0. The molecule has 6 nitrogen and oxygen atoms in total. The smallest absolute Gasteiger partial charge is 0.376 e. The lowest BCUT2D eigenvalue weighted by Crippen LogP contribution is -2.35. The van der Waals surface area contributed by atoms with Crippen molar-refractivity contribution in [2.75, 3.05) is 0 Å². The summed E-state index contributed by atoms with van der Waals surface area (Å²) in [6, 6.07) is 13.1. The van der Waals surface area contributed by atoms with E-state index in [1.54, 1.807) is 30.6 Å². The molecule has 8 atom stereocenters. The lowest BCUT2D eigenvalue weighted by Gasteiger charge is -2.42. The number of benzene rings is 1. The van der Waals surface area contributed by atoms with Crippen LogP contribution in [0.15, 0.2) is 60.9 Å². The van der Waals surface area contributed by atoms with Crippen LogP contribution < -0.4 is 0 Å². The zero-order chi connectivity index (χ0) is 30.3. The van der Waals surface area contributed by atoms with Crippen LogP contribution in [0.5, 0.6) is 0 Å². The van der Waals surface area contributed by atoms with Gasteiger partial charge in [-0.25, -0.2) is 4.79 Å². The average Bonchev–Trinajstić information content (AvgIpc) is 2.98. The Morgan fingerprint density at radius 2 is 1.43 bits per heavy atom. The second kappa shape index (κ2) is 14.9. The largest absolute Gasteiger partial charge is 0.441 e. The molecule has 0 N–H and O–H groups in total. The van der Waals surface area contributed by atoms with Crippen molar-refractivity contribution in [1.82, 2.24) is 4.98 Å². The molecule has 0 bridgehead atoms. The van der Waals surface area contributed by atoms with Crippen LogP contribution in [0.3, 0.4) is 0 Å². The lowest BCUT2D eigenvalue weighted by molar-refractivity contribution is -0.141. The summed E-state index contributed by atoms with van der Waals surface area (Å²) in [4.78, 5) is 17.6. The molecule has 1 unspecified atom stereocenters. The Morgan fingerprint density at radius 1 is 0.857 bits per heavy atom. The first kappa shape index (κ1) is 32.6. The highest BCUT2D eigenvalue weighted by molar-refractivity contribution is 7.54. The van der Waals surface area contributed by atoms with Crippen molar-refractivity contribution in [3.63, 3.8) is 0 Å². The summed E-state index contributed by atoms with van der Waals surface area (Å²) in [5.41, 5.74) is 1.38. The van der Waals surface area contributed by atoms with E-state index in [1.165, 1.54) is 6.08 Å². The quantitative estimate of drug-likeness (QED) is 0.146. The first-order valence-electron chi connectivity index (χ1n) is 15.9. The first-order valence-corrected chi connectivity index (χ1v) is 17.5. The van der Waals surface area contributed by atoms with E-state index >= 15 is 4.57 Å². The van der Waals surface area contributed by atoms with Gasteiger partial charge in [-0.1, -0.05) is 77.9 Å². The number of carbonyl (C=O) groups is 1. The van der Waals surface area contributed by atoms with Crippen molar-refractivity contribution >= 4 is 19.6 Å². The molecule has 2 saturated carbocycles. The number of rotatable bonds is 11. The number of ether oxygens (including phenoxy) is 1. The molecule has 42 heavy (non-hydrogen) atoms. The van der Waals surface area contributed by atoms with Crippen LogP contribution >= 0.6 is 7.60 Å². The van der Waals surface area contributed by atoms with Gasteiger partial charge in [0.2, 0.25) is 5.85 Å². The predicted molar refractivity (Wildman–Crippen MR) is 169 cm³/mol. The van der Waals surface area contributed by atoms with Crippen LogP contribution in [-0.2, 0) is 23.1 Å². The second-order valence-electron chi connectivity index (χ2n) is 13.2. The average molecular weight is 596 g/mol. The van der Waals surface area contributed by atoms with Crippen LogP contribution in [-0.4, -0.2) is 23.2 Å². The predicted octanol–water partition coefficient (Wildman–Crippen LogP) is 9.48. The van der Waals surface area contributed by atoms with Gasteiger partial charge < -0.3 is 13.8 Å². The topological polar surface area (TPSA) is 74.7 Å². The Labute approximate surface area is 253 Å². The fourth-order valence-electron chi connectivity index (χ4n) is 6.36. The lowest BCUT2D eigenvalue weighted by atomic mass is 9.76. The Hall–Kier alpha value is -2.27. The maximum atomic E-state index is 15.3. The molecular weight excluding hydrogens is 545 g/mol. The molecule has 0 saturated heterocycles. The van der Waals surface area contributed by atoms with E-state index in [1.807, 2.05) is 30.3 Å². The van der Waals surface area contributed by atoms with Gasteiger partial charge in [0, 0.05) is 24.0 Å². The fraction of sp³-hybridized carbons (Fsp3) is 0.600. The van der Waals surface area contributed by atoms with Gasteiger partial charge in [0.05, 0.1) is 12.2 Å². The highest BCUT2D eigenvalue weighted by Gasteiger charge is 2.48. The van der Waals surface area contributed by atoms with Gasteiger partial charge in [-0.2, -0.15) is 0 Å². The maximum absolute atomic E-state index is 15.3. The van der Waals surface area contributed by atoms with E-state index in [2.05, 4.69) is 46.5 Å². The SMILES string of the molecule is CC(C)[C@@H]1CC[C@@H](C)[C@H](OP(=O)(O[C@@H]2C[C@H](C(C)C)CC[C@@H]2C)[C@@H](OC(=O)/C=C/c2ccccc2)c2cccnc2)C1. The molecule has 0 radical (unpaired) electrons. The van der Waals surface area contributed by atoms with E-state index in [0.717, 1.165) is 44.1 Å². The minimum atomic E-state index is -4.04. The van der Waals surface area contributed by atoms with E-state index in [-0.39, 0.29) is 24.0 Å². The minimum absolute atomic E-state index is 0.215. The number of carbonyl (C=O) groups excluding carboxylic acids is 1. The zero-order valence-electron chi connectivity index (χ0n) is 26.2. The van der Waals surface area contributed by atoms with E-state index < -0.39 is 19.4 Å². The van der Waals surface area contributed by atoms with Crippen molar-refractivity contribution in [3.05, 3.63) is 72.1 Å². The number of pyridine rings is 1. The minimum Gasteiger partial charge on any atom is -0.441 e. The Balaban J connectivity index is 1.69. The number of hydrogen-bond acceptors (Lipinski definition) is 6. The Morgan fingerprint density at radius 3 is 1.93 bits per heavy atom. The van der Waals surface area contributed by atoms with Crippen LogP contribution in [0.1, 0.15) is 97.0 Å². The molecular formula is C35H50NO5P. The number of aromatic nitrogens is 1. The van der Waals surface area contributed by atoms with Crippen molar-refractivity contribution in [2.45, 2.75) is 98.1 Å². The van der Waals surface area contributed by atoms with E-state index in [9.17, 15) is 4.79 Å². The van der Waals surface area contributed by atoms with Crippen LogP contribution in [0.4, 0.5) is 0 Å². The van der Waals surface area contributed by atoms with Crippen molar-refractivity contribution in [3.8, 4) is 0 Å². The monoisotopic (exact) mass is 595 g/mol. The van der Waals surface area contributed by atoms with Gasteiger partial charge in [0.25, 0.3) is 0 Å². The van der Waals surface area contributed by atoms with Crippen molar-refractivity contribution in [2.24, 2.45) is 35.5 Å².